The van der Waals surface area contributed by atoms with E-state index in [4.69, 9.17) is 14.2 Å². The zero-order valence-electron chi connectivity index (χ0n) is 19.4. The molecule has 0 saturated carbocycles. The number of halogens is 6. The quantitative estimate of drug-likeness (QED) is 0.231. The van der Waals surface area contributed by atoms with E-state index in [1.165, 1.54) is 12.1 Å². The summed E-state index contributed by atoms with van der Waals surface area (Å²) in [7, 11) is 0. The Morgan fingerprint density at radius 3 is 2.03 bits per heavy atom. The fraction of sp³-hybridized carbons (Fsp3) is 0.333. The van der Waals surface area contributed by atoms with Crippen molar-refractivity contribution < 1.29 is 40.6 Å². The Morgan fingerprint density at radius 1 is 0.806 bits per heavy atom. The molecule has 0 atom stereocenters. The van der Waals surface area contributed by atoms with Crippen LogP contribution in [0.3, 0.4) is 0 Å². The zero-order chi connectivity index (χ0) is 25.8. The number of rotatable bonds is 8. The predicted molar refractivity (Wildman–Crippen MR) is 120 cm³/mol. The topological polar surface area (TPSA) is 27.7 Å². The van der Waals surface area contributed by atoms with Crippen LogP contribution in [-0.2, 0) is 16.1 Å². The molecule has 0 amide bonds. The molecule has 0 radical (unpaired) electrons. The van der Waals surface area contributed by atoms with Gasteiger partial charge in [0.05, 0.1) is 13.2 Å². The van der Waals surface area contributed by atoms with Gasteiger partial charge in [-0.1, -0.05) is 31.9 Å². The SMILES string of the molecule is CCCCC1COC(c2ccc(-c3cc(F)c(OCc4cc(F)c(F)c(F)c4)c(F)c3)c(F)c2)OC1. The van der Waals surface area contributed by atoms with Crippen LogP contribution in [0.1, 0.15) is 43.6 Å². The van der Waals surface area contributed by atoms with Crippen LogP contribution < -0.4 is 4.74 Å². The lowest BCUT2D eigenvalue weighted by molar-refractivity contribution is -0.206. The molecule has 1 fully saturated rings. The van der Waals surface area contributed by atoms with Gasteiger partial charge in [0.2, 0.25) is 0 Å². The van der Waals surface area contributed by atoms with Crippen LogP contribution in [0.5, 0.6) is 5.75 Å². The molecule has 1 saturated heterocycles. The third kappa shape index (κ3) is 5.84. The summed E-state index contributed by atoms with van der Waals surface area (Å²) in [5.74, 6) is -8.11. The zero-order valence-corrected chi connectivity index (χ0v) is 19.4. The molecule has 192 valence electrons. The van der Waals surface area contributed by atoms with Gasteiger partial charge in [-0.3, -0.25) is 0 Å². The van der Waals surface area contributed by atoms with Gasteiger partial charge in [0.25, 0.3) is 0 Å². The van der Waals surface area contributed by atoms with Crippen LogP contribution in [0.4, 0.5) is 26.3 Å². The molecule has 3 nitrogen and oxygen atoms in total. The molecule has 1 aliphatic heterocycles. The minimum Gasteiger partial charge on any atom is -0.483 e. The highest BCUT2D eigenvalue weighted by molar-refractivity contribution is 5.66. The fourth-order valence-electron chi connectivity index (χ4n) is 4.01. The molecular weight excluding hydrogens is 486 g/mol. The highest BCUT2D eigenvalue weighted by atomic mass is 19.2. The van der Waals surface area contributed by atoms with Crippen molar-refractivity contribution in [3.63, 3.8) is 0 Å². The van der Waals surface area contributed by atoms with Gasteiger partial charge in [0.15, 0.2) is 41.1 Å². The van der Waals surface area contributed by atoms with Crippen molar-refractivity contribution >= 4 is 0 Å². The van der Waals surface area contributed by atoms with Gasteiger partial charge in [-0.2, -0.15) is 0 Å². The molecule has 4 rings (SSSR count). The summed E-state index contributed by atoms with van der Waals surface area (Å²) in [6.45, 7) is 2.49. The Bertz CT molecular complexity index is 1180. The second-order valence-corrected chi connectivity index (χ2v) is 8.68. The van der Waals surface area contributed by atoms with E-state index in [9.17, 15) is 26.3 Å². The molecule has 9 heteroatoms. The van der Waals surface area contributed by atoms with Crippen LogP contribution in [0.15, 0.2) is 42.5 Å². The molecule has 36 heavy (non-hydrogen) atoms. The van der Waals surface area contributed by atoms with Gasteiger partial charge in [-0.15, -0.1) is 0 Å². The molecule has 3 aromatic carbocycles. The summed E-state index contributed by atoms with van der Waals surface area (Å²) in [6, 6.07) is 7.22. The summed E-state index contributed by atoms with van der Waals surface area (Å²) in [5.41, 5.74) is 0.150. The van der Waals surface area contributed by atoms with Crippen LogP contribution in [-0.4, -0.2) is 13.2 Å². The average Bonchev–Trinajstić information content (AvgIpc) is 2.85. The van der Waals surface area contributed by atoms with Crippen molar-refractivity contribution in [2.24, 2.45) is 5.92 Å². The highest BCUT2D eigenvalue weighted by Crippen LogP contribution is 2.34. The van der Waals surface area contributed by atoms with Crippen molar-refractivity contribution in [2.45, 2.75) is 39.1 Å². The van der Waals surface area contributed by atoms with E-state index < -0.39 is 53.5 Å². The van der Waals surface area contributed by atoms with Crippen LogP contribution >= 0.6 is 0 Å². The first kappa shape index (κ1) is 26.0. The van der Waals surface area contributed by atoms with Crippen molar-refractivity contribution in [3.05, 3.63) is 88.5 Å². The smallest absolute Gasteiger partial charge is 0.194 e. The van der Waals surface area contributed by atoms with E-state index in [-0.39, 0.29) is 22.6 Å². The van der Waals surface area contributed by atoms with Crippen LogP contribution in [0, 0.1) is 40.8 Å². The van der Waals surface area contributed by atoms with Crippen molar-refractivity contribution in [2.75, 3.05) is 13.2 Å². The predicted octanol–water partition coefficient (Wildman–Crippen LogP) is 7.62. The third-order valence-electron chi connectivity index (χ3n) is 5.93. The summed E-state index contributed by atoms with van der Waals surface area (Å²) in [4.78, 5) is 0. The van der Waals surface area contributed by atoms with Crippen LogP contribution in [0.2, 0.25) is 0 Å². The largest absolute Gasteiger partial charge is 0.483 e. The number of ether oxygens (including phenoxy) is 3. The van der Waals surface area contributed by atoms with Crippen molar-refractivity contribution in [1.29, 1.82) is 0 Å². The van der Waals surface area contributed by atoms with Crippen LogP contribution in [0.25, 0.3) is 11.1 Å². The third-order valence-corrected chi connectivity index (χ3v) is 5.93. The first-order valence-electron chi connectivity index (χ1n) is 11.5. The molecule has 1 aliphatic rings. The normalized spacial score (nSPS) is 17.9. The van der Waals surface area contributed by atoms with Gasteiger partial charge in [-0.25, -0.2) is 26.3 Å². The monoisotopic (exact) mass is 510 g/mol. The minimum absolute atomic E-state index is 0.0533. The lowest BCUT2D eigenvalue weighted by atomic mass is 10.0. The lowest BCUT2D eigenvalue weighted by Gasteiger charge is -2.29. The van der Waals surface area contributed by atoms with Gasteiger partial charge >= 0.3 is 0 Å². The minimum atomic E-state index is -1.66. The number of hydrogen-bond donors (Lipinski definition) is 0. The molecule has 0 bridgehead atoms. The van der Waals surface area contributed by atoms with E-state index >= 15 is 0 Å². The average molecular weight is 510 g/mol. The second-order valence-electron chi connectivity index (χ2n) is 8.68. The maximum Gasteiger partial charge on any atom is 0.194 e. The Balaban J connectivity index is 1.46. The Kier molecular flexibility index (Phi) is 8.21. The van der Waals surface area contributed by atoms with Gasteiger partial charge in [0, 0.05) is 17.0 Å². The molecule has 3 aromatic rings. The van der Waals surface area contributed by atoms with Gasteiger partial charge < -0.3 is 14.2 Å². The maximum absolute atomic E-state index is 14.9. The standard InChI is InChI=1S/C27H24F6O3/c1-2-3-4-15-12-35-27(36-13-15)17-5-6-19(20(28)9-17)18-10-23(31)26(24(32)11-18)34-14-16-7-21(29)25(33)22(30)8-16/h5-11,15,27H,2-4,12-14H2,1H3. The molecule has 1 heterocycles. The van der Waals surface area contributed by atoms with Crippen molar-refractivity contribution in [1.82, 2.24) is 0 Å². The first-order chi connectivity index (χ1) is 17.3. The molecule has 0 spiro atoms. The van der Waals surface area contributed by atoms with E-state index in [1.54, 1.807) is 6.07 Å². The van der Waals surface area contributed by atoms with E-state index in [0.29, 0.717) is 30.9 Å². The van der Waals surface area contributed by atoms with E-state index in [2.05, 4.69) is 6.92 Å². The van der Waals surface area contributed by atoms with Gasteiger partial charge in [-0.05, 0) is 47.9 Å². The Labute approximate surface area is 204 Å². The summed E-state index contributed by atoms with van der Waals surface area (Å²) in [5, 5.41) is 0. The number of unbranched alkanes of at least 4 members (excludes halogenated alkanes) is 1. The molecule has 0 aromatic heterocycles. The van der Waals surface area contributed by atoms with E-state index in [1.807, 2.05) is 0 Å². The maximum atomic E-state index is 14.9. The second kappa shape index (κ2) is 11.3. The molecule has 0 N–H and O–H groups in total. The Hall–Kier alpha value is -3.04. The highest BCUT2D eigenvalue weighted by Gasteiger charge is 2.24. The summed E-state index contributed by atoms with van der Waals surface area (Å²) < 4.78 is 100. The molecule has 0 aliphatic carbocycles. The summed E-state index contributed by atoms with van der Waals surface area (Å²) in [6.07, 6.45) is 2.42. The molecule has 0 unspecified atom stereocenters. The summed E-state index contributed by atoms with van der Waals surface area (Å²) >= 11 is 0. The Morgan fingerprint density at radius 2 is 1.44 bits per heavy atom. The fourth-order valence-corrected chi connectivity index (χ4v) is 4.01. The molecular formula is C27H24F6O3. The number of benzene rings is 3. The van der Waals surface area contributed by atoms with Gasteiger partial charge in [0.1, 0.15) is 12.4 Å². The first-order valence-corrected chi connectivity index (χ1v) is 11.5. The number of hydrogen-bond acceptors (Lipinski definition) is 3. The lowest BCUT2D eigenvalue weighted by Crippen LogP contribution is -2.27. The van der Waals surface area contributed by atoms with E-state index in [0.717, 1.165) is 31.4 Å². The van der Waals surface area contributed by atoms with Crippen molar-refractivity contribution in [3.8, 4) is 16.9 Å².